The van der Waals surface area contributed by atoms with Crippen molar-refractivity contribution in [3.63, 3.8) is 0 Å². The molecule has 1 aliphatic heterocycles. The molecule has 0 aromatic heterocycles. The lowest BCUT2D eigenvalue weighted by atomic mass is 9.83. The van der Waals surface area contributed by atoms with Crippen molar-refractivity contribution >= 4 is 0 Å². The summed E-state index contributed by atoms with van der Waals surface area (Å²) in [6.45, 7) is 11.7. The Hall–Kier alpha value is -0.120. The highest BCUT2D eigenvalue weighted by Crippen LogP contribution is 2.41. The summed E-state index contributed by atoms with van der Waals surface area (Å²) in [6, 6.07) is 0. The van der Waals surface area contributed by atoms with Crippen molar-refractivity contribution in [1.29, 1.82) is 0 Å². The van der Waals surface area contributed by atoms with E-state index in [1.807, 2.05) is 0 Å². The molecule has 0 radical (unpaired) electrons. The average molecular weight is 268 g/mol. The number of rotatable bonds is 7. The molecule has 1 atom stereocenters. The van der Waals surface area contributed by atoms with Crippen molar-refractivity contribution in [2.45, 2.75) is 58.4 Å². The van der Waals surface area contributed by atoms with E-state index in [0.29, 0.717) is 11.3 Å². The SMILES string of the molecule is CCCNC(CO)(CN1CCCC(C)(C)C1)C1CC1. The van der Waals surface area contributed by atoms with Crippen LogP contribution in [0.1, 0.15) is 52.9 Å². The molecule has 0 aromatic rings. The molecule has 19 heavy (non-hydrogen) atoms. The van der Waals surface area contributed by atoms with Crippen LogP contribution in [0.5, 0.6) is 0 Å². The fraction of sp³-hybridized carbons (Fsp3) is 1.00. The first-order chi connectivity index (χ1) is 9.01. The molecule has 3 nitrogen and oxygen atoms in total. The maximum Gasteiger partial charge on any atom is 0.0628 e. The number of nitrogens with one attached hydrogen (secondary N) is 1. The summed E-state index contributed by atoms with van der Waals surface area (Å²) in [6.07, 6.45) is 6.34. The lowest BCUT2D eigenvalue weighted by molar-refractivity contribution is 0.0486. The fourth-order valence-electron chi connectivity index (χ4n) is 3.65. The van der Waals surface area contributed by atoms with E-state index in [4.69, 9.17) is 0 Å². The van der Waals surface area contributed by atoms with Gasteiger partial charge < -0.3 is 15.3 Å². The first-order valence-corrected chi connectivity index (χ1v) is 8.09. The van der Waals surface area contributed by atoms with Gasteiger partial charge in [-0.2, -0.15) is 0 Å². The van der Waals surface area contributed by atoms with Gasteiger partial charge in [0.1, 0.15) is 0 Å². The van der Waals surface area contributed by atoms with E-state index in [1.54, 1.807) is 0 Å². The van der Waals surface area contributed by atoms with Crippen LogP contribution >= 0.6 is 0 Å². The van der Waals surface area contributed by atoms with Crippen LogP contribution in [0.25, 0.3) is 0 Å². The summed E-state index contributed by atoms with van der Waals surface area (Å²) in [4.78, 5) is 2.58. The van der Waals surface area contributed by atoms with Crippen LogP contribution in [-0.4, -0.2) is 48.3 Å². The number of hydrogen-bond acceptors (Lipinski definition) is 3. The van der Waals surface area contributed by atoms with Gasteiger partial charge in [0.25, 0.3) is 0 Å². The highest BCUT2D eigenvalue weighted by atomic mass is 16.3. The first kappa shape index (κ1) is 15.3. The second kappa shape index (κ2) is 6.11. The molecule has 1 aliphatic carbocycles. The predicted octanol–water partition coefficient (Wildman–Crippen LogP) is 2.25. The predicted molar refractivity (Wildman–Crippen MR) is 80.3 cm³/mol. The van der Waals surface area contributed by atoms with E-state index in [1.165, 1.54) is 38.8 Å². The highest BCUT2D eigenvalue weighted by Gasteiger charge is 2.46. The van der Waals surface area contributed by atoms with E-state index in [0.717, 1.165) is 19.5 Å². The van der Waals surface area contributed by atoms with Gasteiger partial charge in [0.05, 0.1) is 12.1 Å². The van der Waals surface area contributed by atoms with Crippen LogP contribution in [0.15, 0.2) is 0 Å². The van der Waals surface area contributed by atoms with Gasteiger partial charge in [0, 0.05) is 13.1 Å². The summed E-state index contributed by atoms with van der Waals surface area (Å²) in [5, 5.41) is 13.7. The lowest BCUT2D eigenvalue weighted by Crippen LogP contribution is -2.59. The Balaban J connectivity index is 1.98. The Bertz CT molecular complexity index is 288. The molecule has 0 amide bonds. The van der Waals surface area contributed by atoms with Crippen molar-refractivity contribution in [3.8, 4) is 0 Å². The smallest absolute Gasteiger partial charge is 0.0628 e. The zero-order valence-electron chi connectivity index (χ0n) is 13.0. The summed E-state index contributed by atoms with van der Waals surface area (Å²) in [7, 11) is 0. The maximum atomic E-state index is 9.99. The first-order valence-electron chi connectivity index (χ1n) is 8.09. The number of aliphatic hydroxyl groups excluding tert-OH is 1. The van der Waals surface area contributed by atoms with Gasteiger partial charge in [-0.1, -0.05) is 20.8 Å². The standard InChI is InChI=1S/C16H32N2O/c1-4-9-17-16(13-19,14-6-7-14)12-18-10-5-8-15(2,3)11-18/h14,17,19H,4-13H2,1-3H3. The molecular formula is C16H32N2O. The van der Waals surface area contributed by atoms with Crippen LogP contribution in [0.4, 0.5) is 0 Å². The number of nitrogens with zero attached hydrogens (tertiary/aromatic N) is 1. The molecule has 3 heteroatoms. The number of piperidine rings is 1. The van der Waals surface area contributed by atoms with Gasteiger partial charge >= 0.3 is 0 Å². The minimum atomic E-state index is -0.0383. The van der Waals surface area contributed by atoms with Crippen LogP contribution in [0.3, 0.4) is 0 Å². The van der Waals surface area contributed by atoms with E-state index in [9.17, 15) is 5.11 Å². The second-order valence-corrected chi connectivity index (χ2v) is 7.49. The summed E-state index contributed by atoms with van der Waals surface area (Å²) in [5.41, 5.74) is 0.400. The number of likely N-dealkylation sites (tertiary alicyclic amines) is 1. The molecule has 2 rings (SSSR count). The van der Waals surface area contributed by atoms with E-state index < -0.39 is 0 Å². The summed E-state index contributed by atoms with van der Waals surface area (Å²) >= 11 is 0. The van der Waals surface area contributed by atoms with E-state index >= 15 is 0 Å². The topological polar surface area (TPSA) is 35.5 Å². The maximum absolute atomic E-state index is 9.99. The van der Waals surface area contributed by atoms with Gasteiger partial charge in [-0.15, -0.1) is 0 Å². The quantitative estimate of drug-likeness (QED) is 0.743. The molecule has 1 saturated heterocycles. The largest absolute Gasteiger partial charge is 0.394 e. The minimum Gasteiger partial charge on any atom is -0.394 e. The molecule has 112 valence electrons. The minimum absolute atomic E-state index is 0.0383. The lowest BCUT2D eigenvalue weighted by Gasteiger charge is -2.44. The number of aliphatic hydroxyl groups is 1. The second-order valence-electron chi connectivity index (χ2n) is 7.49. The Morgan fingerprint density at radius 3 is 2.63 bits per heavy atom. The van der Waals surface area contributed by atoms with Crippen molar-refractivity contribution in [3.05, 3.63) is 0 Å². The van der Waals surface area contributed by atoms with Gasteiger partial charge in [-0.3, -0.25) is 0 Å². The molecule has 2 N–H and O–H groups in total. The van der Waals surface area contributed by atoms with Crippen LogP contribution in [0, 0.1) is 11.3 Å². The molecule has 2 aliphatic rings. The van der Waals surface area contributed by atoms with Crippen molar-refractivity contribution in [2.75, 3.05) is 32.8 Å². The molecule has 0 aromatic carbocycles. The number of hydrogen-bond donors (Lipinski definition) is 2. The Kier molecular flexibility index (Phi) is 4.91. The third kappa shape index (κ3) is 3.93. The van der Waals surface area contributed by atoms with E-state index in [2.05, 4.69) is 31.0 Å². The fourth-order valence-corrected chi connectivity index (χ4v) is 3.65. The van der Waals surface area contributed by atoms with Gasteiger partial charge in [-0.25, -0.2) is 0 Å². The molecule has 1 heterocycles. The van der Waals surface area contributed by atoms with Gasteiger partial charge in [-0.05, 0) is 56.5 Å². The van der Waals surface area contributed by atoms with Crippen LogP contribution in [0.2, 0.25) is 0 Å². The van der Waals surface area contributed by atoms with Crippen LogP contribution < -0.4 is 5.32 Å². The normalized spacial score (nSPS) is 27.2. The molecule has 2 fully saturated rings. The average Bonchev–Trinajstić information content (AvgIpc) is 3.18. The Morgan fingerprint density at radius 2 is 2.11 bits per heavy atom. The van der Waals surface area contributed by atoms with E-state index in [-0.39, 0.29) is 12.1 Å². The van der Waals surface area contributed by atoms with Gasteiger partial charge in [0.2, 0.25) is 0 Å². The van der Waals surface area contributed by atoms with Crippen molar-refractivity contribution < 1.29 is 5.11 Å². The van der Waals surface area contributed by atoms with Crippen molar-refractivity contribution in [1.82, 2.24) is 10.2 Å². The highest BCUT2D eigenvalue weighted by molar-refractivity contribution is 5.03. The molecule has 1 unspecified atom stereocenters. The summed E-state index contributed by atoms with van der Waals surface area (Å²) < 4.78 is 0. The zero-order chi connectivity index (χ0) is 13.9. The van der Waals surface area contributed by atoms with Crippen molar-refractivity contribution in [2.24, 2.45) is 11.3 Å². The van der Waals surface area contributed by atoms with Crippen LogP contribution in [-0.2, 0) is 0 Å². The third-order valence-electron chi connectivity index (χ3n) is 4.85. The van der Waals surface area contributed by atoms with Gasteiger partial charge in [0.15, 0.2) is 0 Å². The molecule has 0 spiro atoms. The molecule has 1 saturated carbocycles. The Morgan fingerprint density at radius 1 is 1.37 bits per heavy atom. The molecule has 0 bridgehead atoms. The Labute approximate surface area is 118 Å². The zero-order valence-corrected chi connectivity index (χ0v) is 13.0. The monoisotopic (exact) mass is 268 g/mol. The molecular weight excluding hydrogens is 236 g/mol. The third-order valence-corrected chi connectivity index (χ3v) is 4.85. The summed E-state index contributed by atoms with van der Waals surface area (Å²) in [5.74, 6) is 0.689.